The number of hydrogen-bond donors (Lipinski definition) is 2. The lowest BCUT2D eigenvalue weighted by Crippen LogP contribution is -2.31. The number of benzene rings is 1. The van der Waals surface area contributed by atoms with Crippen LogP contribution in [-0.2, 0) is 0 Å². The minimum Gasteiger partial charge on any atom is -0.497 e. The van der Waals surface area contributed by atoms with Crippen LogP contribution in [0.5, 0.6) is 5.75 Å². The number of ether oxygens (including phenoxy) is 1. The van der Waals surface area contributed by atoms with Gasteiger partial charge in [0, 0.05) is 12.0 Å². The summed E-state index contributed by atoms with van der Waals surface area (Å²) in [7, 11) is 1.63. The number of oxime groups is 1. The standard InChI is InChI=1S/C15H22N2O3/c1-4-17-9-15(2,10-18)14(16-19)13(17)11-5-7-12(20-3)8-6-11/h5-8,13,18-19H,4,9-10H2,1-3H3/b16-14-/t13-,15-/m0/s1. The van der Waals surface area contributed by atoms with Crippen LogP contribution >= 0.6 is 0 Å². The van der Waals surface area contributed by atoms with Crippen LogP contribution < -0.4 is 4.74 Å². The average Bonchev–Trinajstić information content (AvgIpc) is 2.80. The molecule has 110 valence electrons. The molecule has 1 aliphatic rings. The van der Waals surface area contributed by atoms with Crippen molar-refractivity contribution in [2.24, 2.45) is 10.6 Å². The van der Waals surface area contributed by atoms with Gasteiger partial charge in [0.15, 0.2) is 0 Å². The molecule has 0 spiro atoms. The number of hydrogen-bond acceptors (Lipinski definition) is 5. The molecule has 2 atom stereocenters. The number of aliphatic hydroxyl groups is 1. The van der Waals surface area contributed by atoms with Gasteiger partial charge in [-0.1, -0.05) is 31.1 Å². The summed E-state index contributed by atoms with van der Waals surface area (Å²) in [6, 6.07) is 7.63. The zero-order valence-corrected chi connectivity index (χ0v) is 12.2. The van der Waals surface area contributed by atoms with Gasteiger partial charge >= 0.3 is 0 Å². The summed E-state index contributed by atoms with van der Waals surface area (Å²) in [4.78, 5) is 2.20. The lowest BCUT2D eigenvalue weighted by molar-refractivity contribution is 0.168. The number of likely N-dealkylation sites (tertiary alicyclic amines) is 1. The second-order valence-electron chi connectivity index (χ2n) is 5.44. The Morgan fingerprint density at radius 2 is 2.05 bits per heavy atom. The predicted octanol–water partition coefficient (Wildman–Crippen LogP) is 1.90. The fraction of sp³-hybridized carbons (Fsp3) is 0.533. The van der Waals surface area contributed by atoms with Crippen LogP contribution in [0.15, 0.2) is 29.4 Å². The Labute approximate surface area is 119 Å². The van der Waals surface area contributed by atoms with Gasteiger partial charge in [0.1, 0.15) is 5.75 Å². The Bertz CT molecular complexity index is 486. The molecule has 0 aliphatic carbocycles. The molecule has 20 heavy (non-hydrogen) atoms. The lowest BCUT2D eigenvalue weighted by Gasteiger charge is -2.22. The smallest absolute Gasteiger partial charge is 0.118 e. The molecule has 5 heteroatoms. The molecule has 1 aromatic rings. The van der Waals surface area contributed by atoms with Crippen molar-refractivity contribution in [1.82, 2.24) is 4.90 Å². The molecule has 0 radical (unpaired) electrons. The van der Waals surface area contributed by atoms with Gasteiger partial charge in [0.25, 0.3) is 0 Å². The van der Waals surface area contributed by atoms with E-state index in [-0.39, 0.29) is 12.6 Å². The topological polar surface area (TPSA) is 65.3 Å². The molecule has 2 rings (SSSR count). The van der Waals surface area contributed by atoms with Crippen LogP contribution in [0, 0.1) is 5.41 Å². The Hall–Kier alpha value is -1.59. The van der Waals surface area contributed by atoms with Gasteiger partial charge in [-0.05, 0) is 24.2 Å². The van der Waals surface area contributed by atoms with Gasteiger partial charge in [-0.3, -0.25) is 4.90 Å². The van der Waals surface area contributed by atoms with E-state index in [9.17, 15) is 10.3 Å². The average molecular weight is 278 g/mol. The number of aliphatic hydroxyl groups excluding tert-OH is 1. The molecule has 0 aromatic heterocycles. The zero-order chi connectivity index (χ0) is 14.8. The first-order chi connectivity index (χ1) is 9.59. The first-order valence-corrected chi connectivity index (χ1v) is 6.81. The van der Waals surface area contributed by atoms with Crippen LogP contribution in [0.25, 0.3) is 0 Å². The number of rotatable bonds is 4. The highest BCUT2D eigenvalue weighted by molar-refractivity contribution is 5.97. The van der Waals surface area contributed by atoms with Crippen molar-refractivity contribution in [2.75, 3.05) is 26.8 Å². The van der Waals surface area contributed by atoms with Gasteiger partial charge in [-0.25, -0.2) is 0 Å². The second-order valence-corrected chi connectivity index (χ2v) is 5.44. The van der Waals surface area contributed by atoms with Gasteiger partial charge in [0.05, 0.1) is 25.5 Å². The summed E-state index contributed by atoms with van der Waals surface area (Å²) in [6.45, 7) is 5.46. The summed E-state index contributed by atoms with van der Waals surface area (Å²) in [5.41, 5.74) is 1.15. The third kappa shape index (κ3) is 2.39. The van der Waals surface area contributed by atoms with Crippen LogP contribution in [0.2, 0.25) is 0 Å². The molecular weight excluding hydrogens is 256 g/mol. The normalized spacial score (nSPS) is 29.0. The summed E-state index contributed by atoms with van der Waals surface area (Å²) in [5.74, 6) is 0.794. The first kappa shape index (κ1) is 14.8. The Balaban J connectivity index is 2.40. The molecule has 0 bridgehead atoms. The predicted molar refractivity (Wildman–Crippen MR) is 77.4 cm³/mol. The van der Waals surface area contributed by atoms with Crippen molar-refractivity contribution < 1.29 is 15.1 Å². The van der Waals surface area contributed by atoms with E-state index in [4.69, 9.17) is 4.74 Å². The van der Waals surface area contributed by atoms with Crippen LogP contribution in [0.3, 0.4) is 0 Å². The van der Waals surface area contributed by atoms with Gasteiger partial charge in [0.2, 0.25) is 0 Å². The molecule has 2 N–H and O–H groups in total. The summed E-state index contributed by atoms with van der Waals surface area (Å²) < 4.78 is 5.17. The van der Waals surface area contributed by atoms with Crippen LogP contribution in [0.1, 0.15) is 25.5 Å². The number of methoxy groups -OCH3 is 1. The Kier molecular flexibility index (Phi) is 4.30. The molecule has 1 saturated heterocycles. The van der Waals surface area contributed by atoms with E-state index >= 15 is 0 Å². The van der Waals surface area contributed by atoms with E-state index in [0.29, 0.717) is 12.3 Å². The quantitative estimate of drug-likeness (QED) is 0.652. The molecule has 0 amide bonds. The minimum atomic E-state index is -0.505. The van der Waals surface area contributed by atoms with Crippen LogP contribution in [0.4, 0.5) is 0 Å². The SMILES string of the molecule is CCN1C[C@@](C)(CO)/C(=N\O)[C@@H]1c1ccc(OC)cc1. The fourth-order valence-corrected chi connectivity index (χ4v) is 2.88. The Morgan fingerprint density at radius 1 is 1.40 bits per heavy atom. The molecular formula is C15H22N2O3. The fourth-order valence-electron chi connectivity index (χ4n) is 2.88. The molecule has 1 aromatic carbocycles. The van der Waals surface area contributed by atoms with Gasteiger partial charge < -0.3 is 15.1 Å². The zero-order valence-electron chi connectivity index (χ0n) is 12.2. The van der Waals surface area contributed by atoms with Crippen LogP contribution in [-0.4, -0.2) is 47.7 Å². The van der Waals surface area contributed by atoms with Gasteiger partial charge in [-0.2, -0.15) is 0 Å². The maximum Gasteiger partial charge on any atom is 0.118 e. The third-order valence-electron chi connectivity index (χ3n) is 4.09. The lowest BCUT2D eigenvalue weighted by atomic mass is 9.85. The number of nitrogens with zero attached hydrogens (tertiary/aromatic N) is 2. The highest BCUT2D eigenvalue weighted by Crippen LogP contribution is 2.40. The summed E-state index contributed by atoms with van der Waals surface area (Å²) >= 11 is 0. The summed E-state index contributed by atoms with van der Waals surface area (Å²) in [6.07, 6.45) is 0. The maximum absolute atomic E-state index is 9.65. The largest absolute Gasteiger partial charge is 0.497 e. The maximum atomic E-state index is 9.65. The highest BCUT2D eigenvalue weighted by Gasteiger charge is 2.47. The van der Waals surface area contributed by atoms with Gasteiger partial charge in [-0.15, -0.1) is 0 Å². The Morgan fingerprint density at radius 3 is 2.50 bits per heavy atom. The van der Waals surface area contributed by atoms with Crippen molar-refractivity contribution in [3.63, 3.8) is 0 Å². The molecule has 1 heterocycles. The molecule has 1 aliphatic heterocycles. The second kappa shape index (κ2) is 5.81. The highest BCUT2D eigenvalue weighted by atomic mass is 16.5. The van der Waals surface area contributed by atoms with E-state index in [1.165, 1.54) is 0 Å². The minimum absolute atomic E-state index is 0.0322. The van der Waals surface area contributed by atoms with E-state index < -0.39 is 5.41 Å². The molecule has 5 nitrogen and oxygen atoms in total. The van der Waals surface area contributed by atoms with E-state index in [0.717, 1.165) is 17.9 Å². The van der Waals surface area contributed by atoms with Crippen molar-refractivity contribution in [2.45, 2.75) is 19.9 Å². The van der Waals surface area contributed by atoms with E-state index in [1.807, 2.05) is 31.2 Å². The summed E-state index contributed by atoms with van der Waals surface area (Å²) in [5, 5.41) is 22.5. The molecule has 1 fully saturated rings. The van der Waals surface area contributed by atoms with Crippen molar-refractivity contribution in [3.8, 4) is 5.75 Å². The van der Waals surface area contributed by atoms with Crippen molar-refractivity contribution in [1.29, 1.82) is 0 Å². The first-order valence-electron chi connectivity index (χ1n) is 6.81. The van der Waals surface area contributed by atoms with E-state index in [1.54, 1.807) is 7.11 Å². The third-order valence-corrected chi connectivity index (χ3v) is 4.09. The van der Waals surface area contributed by atoms with Crippen molar-refractivity contribution >= 4 is 5.71 Å². The molecule has 0 saturated carbocycles. The van der Waals surface area contributed by atoms with E-state index in [2.05, 4.69) is 17.0 Å². The monoisotopic (exact) mass is 278 g/mol. The van der Waals surface area contributed by atoms with Crippen molar-refractivity contribution in [3.05, 3.63) is 29.8 Å². The molecule has 0 unspecified atom stereocenters.